The van der Waals surface area contributed by atoms with Crippen molar-refractivity contribution in [2.75, 3.05) is 0 Å². The van der Waals surface area contributed by atoms with Gasteiger partial charge in [0.2, 0.25) is 0 Å². The molecule has 3 saturated heterocycles. The minimum Gasteiger partial charge on any atom is -0.507 e. The zero-order chi connectivity index (χ0) is 58.8. The van der Waals surface area contributed by atoms with Crippen molar-refractivity contribution >= 4 is 59.7 Å². The van der Waals surface area contributed by atoms with E-state index in [9.17, 15) is 53.1 Å². The van der Waals surface area contributed by atoms with Crippen molar-refractivity contribution in [2.45, 2.75) is 218 Å². The monoisotopic (exact) mass is 1120 g/mol. The first kappa shape index (κ1) is 63.2. The fourth-order valence-corrected chi connectivity index (χ4v) is 9.76. The van der Waals surface area contributed by atoms with Crippen LogP contribution in [0, 0.1) is 38.5 Å². The molecule has 4 bridgehead atoms. The third-order valence-corrected chi connectivity index (χ3v) is 14.9. The fraction of sp³-hybridized carbons (Fsp3) is 0.698. The van der Waals surface area contributed by atoms with E-state index in [1.165, 1.54) is 20.8 Å². The molecule has 440 valence electrons. The molecule has 9 N–H and O–H groups in total. The second kappa shape index (κ2) is 26.5. The van der Waals surface area contributed by atoms with Gasteiger partial charge in [0.1, 0.15) is 35.7 Å². The van der Waals surface area contributed by atoms with Gasteiger partial charge in [0, 0.05) is 37.7 Å². The Balaban J connectivity index is 1.88. The zero-order valence-electron chi connectivity index (χ0n) is 46.1. The van der Waals surface area contributed by atoms with E-state index in [0.717, 1.165) is 32.6 Å². The molecule has 26 heteroatoms. The van der Waals surface area contributed by atoms with Crippen LogP contribution < -0.4 is 27.7 Å². The van der Waals surface area contributed by atoms with Crippen LogP contribution >= 0.6 is 0 Å². The van der Waals surface area contributed by atoms with Crippen LogP contribution in [0.4, 0.5) is 0 Å². The average molecular weight is 1120 g/mol. The number of fused-ring (bicyclic) bond motifs is 1. The summed E-state index contributed by atoms with van der Waals surface area (Å²) in [6.07, 6.45) is -2.78. The van der Waals surface area contributed by atoms with E-state index in [1.54, 1.807) is 0 Å². The van der Waals surface area contributed by atoms with E-state index in [4.69, 9.17) is 56.1 Å². The van der Waals surface area contributed by atoms with Crippen LogP contribution in [-0.4, -0.2) is 106 Å². The molecular weight excluding hydrogens is 1040 g/mol. The first-order valence-electron chi connectivity index (χ1n) is 26.7. The van der Waals surface area contributed by atoms with Crippen molar-refractivity contribution in [2.24, 2.45) is 40.7 Å². The lowest BCUT2D eigenvalue weighted by atomic mass is 9.71. The van der Waals surface area contributed by atoms with Crippen LogP contribution in [0.3, 0.4) is 0 Å². The number of esters is 6. The van der Waals surface area contributed by atoms with Gasteiger partial charge in [0.15, 0.2) is 0 Å². The highest BCUT2D eigenvalue weighted by atomic mass is 17.2. The number of nitrogens with two attached hydrogens (primary N) is 4. The minimum absolute atomic E-state index is 0.0135. The summed E-state index contributed by atoms with van der Waals surface area (Å²) in [5.41, 5.74) is 21.0. The van der Waals surface area contributed by atoms with Crippen molar-refractivity contribution in [3.8, 4) is 11.5 Å². The first-order chi connectivity index (χ1) is 37.0. The highest BCUT2D eigenvalue weighted by molar-refractivity contribution is 5.84. The molecule has 26 nitrogen and oxygen atoms in total. The maximum atomic E-state index is 15.0. The maximum Gasteiger partial charge on any atom is 0.388 e. The molecule has 0 radical (unpaired) electrons. The maximum absolute atomic E-state index is 15.0. The van der Waals surface area contributed by atoms with Gasteiger partial charge in [0.05, 0.1) is 18.4 Å². The number of benzene rings is 1. The van der Waals surface area contributed by atoms with Crippen LogP contribution in [0.5, 0.6) is 11.5 Å². The van der Waals surface area contributed by atoms with Crippen molar-refractivity contribution < 1.29 is 106 Å². The lowest BCUT2D eigenvalue weighted by Crippen LogP contribution is -2.82. The van der Waals surface area contributed by atoms with Crippen LogP contribution in [-0.2, 0) is 102 Å². The molecule has 0 aliphatic carbocycles. The van der Waals surface area contributed by atoms with E-state index in [1.807, 2.05) is 6.92 Å². The number of carbonyl (C=O) groups excluding carboxylic acids is 10. The summed E-state index contributed by atoms with van der Waals surface area (Å²) in [4.78, 5) is 158. The van der Waals surface area contributed by atoms with E-state index in [2.05, 4.69) is 40.3 Å². The number of carbonyl (C=O) groups is 10. The molecule has 1 spiro atoms. The Hall–Kier alpha value is -6.64. The third-order valence-electron chi connectivity index (χ3n) is 14.9. The van der Waals surface area contributed by atoms with Gasteiger partial charge in [-0.05, 0) is 88.7 Å². The SMILES string of the molecule is Cc1c(C)c2c(c(C)c1O)C13OC(=O)CC[C@@H](N)C(=O)OC14OC(=O)CC[C@@H](N)C(=O)OOC(=O)CCC(=O)OOC(=O)[C@H](N)CCC(=O)OC(CC[C@H](C)CCC[C@@H](C)CCCC(C)C)(OC(=O)CC[C@@H](N)C(=O)O3)[C@]4(C)O2. The second-order valence-corrected chi connectivity index (χ2v) is 21.6. The van der Waals surface area contributed by atoms with Gasteiger partial charge < -0.3 is 61.2 Å². The van der Waals surface area contributed by atoms with Gasteiger partial charge in [-0.25, -0.2) is 38.7 Å². The summed E-state index contributed by atoms with van der Waals surface area (Å²) in [5.74, 6) is -24.6. The third kappa shape index (κ3) is 14.4. The summed E-state index contributed by atoms with van der Waals surface area (Å²) >= 11 is 0. The highest BCUT2D eigenvalue weighted by Crippen LogP contribution is 2.64. The first-order valence-corrected chi connectivity index (χ1v) is 26.7. The Labute approximate surface area is 456 Å². The fourth-order valence-electron chi connectivity index (χ4n) is 9.76. The quantitative estimate of drug-likeness (QED) is 0.120. The standard InChI is InChI=1S/C53H76N4O22/c1-27(2)11-9-12-28(3)13-10-14-29(4)25-26-51-50(8)53(72-40(61)22-18-36(57)49(68)79-77-42(63)24-23-41(62)76-78-48(67)35(56)17-20-38(59)70-51)52(71-39(60)21-16-34(55)47(66)75-53,74-46(65)33(54)15-19-37(58)69-51)43-32(7)44(64)30(5)31(6)45(43)73-50/h27-29,33-36,64H,9-26,54-57H2,1-8H3/t28-,29+,33+,34+,35+,36+,50-,51?,52?,53?/m0/s1. The number of phenols is 1. The van der Waals surface area contributed by atoms with Crippen molar-refractivity contribution in [3.05, 3.63) is 22.3 Å². The molecule has 4 aliphatic heterocycles. The molecule has 0 aromatic heterocycles. The summed E-state index contributed by atoms with van der Waals surface area (Å²) in [6.45, 7) is 13.5. The molecule has 1 aromatic rings. The molecule has 3 unspecified atom stereocenters. The Morgan fingerprint density at radius 2 is 0.886 bits per heavy atom. The molecule has 79 heavy (non-hydrogen) atoms. The second-order valence-electron chi connectivity index (χ2n) is 21.6. The topological polar surface area (TPSA) is 397 Å². The molecule has 4 aliphatic rings. The van der Waals surface area contributed by atoms with Crippen molar-refractivity contribution in [1.82, 2.24) is 0 Å². The van der Waals surface area contributed by atoms with Crippen LogP contribution in [0.1, 0.15) is 172 Å². The number of hydrogen-bond acceptors (Lipinski definition) is 26. The number of ether oxygens (including phenoxy) is 7. The van der Waals surface area contributed by atoms with E-state index >= 15 is 0 Å². The van der Waals surface area contributed by atoms with Gasteiger partial charge in [-0.3, -0.25) is 28.8 Å². The Kier molecular flexibility index (Phi) is 21.2. The predicted molar refractivity (Wildman–Crippen MR) is 268 cm³/mol. The number of phenolic OH excluding ortho intramolecular Hbond substituents is 1. The van der Waals surface area contributed by atoms with Gasteiger partial charge in [-0.15, -0.1) is 0 Å². The normalized spacial score (nSPS) is 30.0. The summed E-state index contributed by atoms with van der Waals surface area (Å²) in [5, 5.41) is 11.9. The lowest BCUT2D eigenvalue weighted by molar-refractivity contribution is -0.454. The number of hydrogen-bond donors (Lipinski definition) is 5. The van der Waals surface area contributed by atoms with Crippen molar-refractivity contribution in [1.29, 1.82) is 0 Å². The van der Waals surface area contributed by atoms with Gasteiger partial charge in [-0.1, -0.05) is 66.2 Å². The van der Waals surface area contributed by atoms with Gasteiger partial charge >= 0.3 is 77.1 Å². The van der Waals surface area contributed by atoms with Crippen molar-refractivity contribution in [3.63, 3.8) is 0 Å². The predicted octanol–water partition coefficient (Wildman–Crippen LogP) is 3.58. The van der Waals surface area contributed by atoms with E-state index in [0.29, 0.717) is 24.7 Å². The molecule has 1 aromatic carbocycles. The Bertz CT molecular complexity index is 2500. The van der Waals surface area contributed by atoms with Crippen LogP contribution in [0.25, 0.3) is 0 Å². The van der Waals surface area contributed by atoms with Crippen LogP contribution in [0.15, 0.2) is 0 Å². The molecular formula is C53H76N4O22. The minimum atomic E-state index is -3.80. The summed E-state index contributed by atoms with van der Waals surface area (Å²) in [6, 6.07) is -7.19. The molecule has 5 rings (SSSR count). The smallest absolute Gasteiger partial charge is 0.388 e. The van der Waals surface area contributed by atoms with Crippen LogP contribution in [0.2, 0.25) is 0 Å². The zero-order valence-corrected chi connectivity index (χ0v) is 46.1. The largest absolute Gasteiger partial charge is 0.507 e. The molecule has 0 saturated carbocycles. The van der Waals surface area contributed by atoms with E-state index < -0.39 is 195 Å². The molecule has 10 atom stereocenters. The lowest BCUT2D eigenvalue weighted by Gasteiger charge is -2.60. The Morgan fingerprint density at radius 1 is 0.468 bits per heavy atom. The average Bonchev–Trinajstić information content (AvgIpc) is 3.26. The molecule has 0 amide bonds. The van der Waals surface area contributed by atoms with Gasteiger partial charge in [0.25, 0.3) is 5.60 Å². The van der Waals surface area contributed by atoms with E-state index in [-0.39, 0.29) is 29.0 Å². The molecule has 3 fully saturated rings. The number of rotatable bonds is 11. The summed E-state index contributed by atoms with van der Waals surface area (Å²) < 4.78 is 45.3. The Morgan fingerprint density at radius 3 is 1.37 bits per heavy atom. The molecule has 4 heterocycles. The van der Waals surface area contributed by atoms with Gasteiger partial charge in [-0.2, -0.15) is 0 Å². The highest BCUT2D eigenvalue weighted by Gasteiger charge is 2.87. The summed E-state index contributed by atoms with van der Waals surface area (Å²) in [7, 11) is 0. The number of aromatic hydroxyl groups is 1.